The van der Waals surface area contributed by atoms with E-state index >= 15 is 0 Å². The number of carbonyl (C=O) groups excluding carboxylic acids is 7. The van der Waals surface area contributed by atoms with E-state index in [2.05, 4.69) is 36.9 Å². The number of hydrogen-bond acceptors (Lipinski definition) is 13. The molecule has 1 aromatic rings. The van der Waals surface area contributed by atoms with Crippen LogP contribution in [0, 0.1) is 5.92 Å². The molecule has 0 bridgehead atoms. The minimum absolute atomic E-state index is 0.00284. The second kappa shape index (κ2) is 27.1. The van der Waals surface area contributed by atoms with Gasteiger partial charge in [-0.2, -0.15) is 0 Å². The van der Waals surface area contributed by atoms with E-state index in [0.717, 1.165) is 0 Å². The van der Waals surface area contributed by atoms with Gasteiger partial charge in [-0.15, -0.1) is 0 Å². The van der Waals surface area contributed by atoms with E-state index in [9.17, 15) is 53.7 Å². The molecule has 23 nitrogen and oxygen atoms in total. The molecule has 1 saturated heterocycles. The number of unbranched alkanes of at least 4 members (excludes halogenated alkanes) is 1. The quantitative estimate of drug-likeness (QED) is 0.0228. The number of nitrogens with one attached hydrogen (secondary N) is 6. The minimum Gasteiger partial charge on any atom is -0.508 e. The van der Waals surface area contributed by atoms with Gasteiger partial charge in [0, 0.05) is 19.5 Å². The number of nitrogens with zero attached hydrogens (tertiary/aromatic N) is 2. The number of rotatable bonds is 27. The van der Waals surface area contributed by atoms with Gasteiger partial charge in [0.05, 0.1) is 13.2 Å². The summed E-state index contributed by atoms with van der Waals surface area (Å²) in [7, 11) is 0. The van der Waals surface area contributed by atoms with E-state index in [1.165, 1.54) is 24.0 Å². The van der Waals surface area contributed by atoms with Crippen molar-refractivity contribution in [1.82, 2.24) is 36.8 Å². The van der Waals surface area contributed by atoms with E-state index in [0.29, 0.717) is 24.8 Å². The number of nitrogens with two attached hydrogens (primary N) is 4. The predicted molar refractivity (Wildman–Crippen MR) is 230 cm³/mol. The number of carboxylic acid groups (broad SMARTS) is 1. The second-order valence-electron chi connectivity index (χ2n) is 15.7. The minimum atomic E-state index is -1.59. The monoisotopic (exact) mass is 890 g/mol. The standard InChI is InChI=1S/C40H66N12O11/c1-22(2)18-28(35(58)49-27(39(62)63)9-6-16-45-40(43)44)50-33(56)23(3)46-36(59)30(21-53)51-34(57)26(8-4-5-15-41)48-37(60)31-10-7-17-52(31)38(61)29(47-32(55)20-42)19-24-11-13-25(54)14-12-24/h11-14,22-23,26-31,53-54H,4-10,15-21,41-42H2,1-3H3,(H,46,59)(H,47,55)(H,48,60)(H,49,58)(H,50,56)(H,51,57)(H,62,63)(H4,43,44,45)/t23-,26-,27-,28-,29-,30-,31-/m0/s1. The number of aromatic hydroxyl groups is 1. The third-order valence-corrected chi connectivity index (χ3v) is 10.1. The number of carbonyl (C=O) groups is 8. The predicted octanol–water partition coefficient (Wildman–Crippen LogP) is -3.88. The molecule has 2 rings (SSSR count). The van der Waals surface area contributed by atoms with Crippen molar-refractivity contribution in [2.45, 2.75) is 121 Å². The van der Waals surface area contributed by atoms with Gasteiger partial charge in [0.2, 0.25) is 41.4 Å². The number of benzene rings is 1. The van der Waals surface area contributed by atoms with Crippen LogP contribution in [0.15, 0.2) is 29.3 Å². The SMILES string of the molecule is CC(C)C[C@H](NC(=O)[C@H](C)NC(=O)[C@H](CO)NC(=O)[C@H](CCCCN)NC(=O)[C@@H]1CCCN1C(=O)[C@H](Cc1ccc(O)cc1)NC(=O)CN)C(=O)N[C@@H](CCCN=C(N)N)C(=O)O. The van der Waals surface area contributed by atoms with Gasteiger partial charge in [0.15, 0.2) is 5.96 Å². The van der Waals surface area contributed by atoms with E-state index in [-0.39, 0.29) is 82.3 Å². The maximum Gasteiger partial charge on any atom is 0.326 e. The van der Waals surface area contributed by atoms with Crippen molar-refractivity contribution in [3.63, 3.8) is 0 Å². The molecule has 1 fully saturated rings. The number of phenolic OH excluding ortho intramolecular Hbond substituents is 1. The summed E-state index contributed by atoms with van der Waals surface area (Å²) in [4.78, 5) is 110. The zero-order valence-electron chi connectivity index (χ0n) is 36.1. The van der Waals surface area contributed by atoms with Crippen molar-refractivity contribution >= 4 is 53.3 Å². The summed E-state index contributed by atoms with van der Waals surface area (Å²) in [5.41, 5.74) is 22.4. The number of amides is 7. The average molecular weight is 891 g/mol. The van der Waals surface area contributed by atoms with Crippen LogP contribution in [0.25, 0.3) is 0 Å². The normalized spacial score (nSPS) is 16.3. The van der Waals surface area contributed by atoms with Crippen molar-refractivity contribution in [3.8, 4) is 5.75 Å². The van der Waals surface area contributed by atoms with E-state index in [4.69, 9.17) is 22.9 Å². The fraction of sp³-hybridized carbons (Fsp3) is 0.625. The van der Waals surface area contributed by atoms with E-state index < -0.39 is 96.2 Å². The molecule has 0 unspecified atom stereocenters. The second-order valence-corrected chi connectivity index (χ2v) is 15.7. The molecule has 0 aliphatic carbocycles. The van der Waals surface area contributed by atoms with Crippen LogP contribution in [0.1, 0.15) is 77.7 Å². The lowest BCUT2D eigenvalue weighted by Gasteiger charge is -2.30. The van der Waals surface area contributed by atoms with Crippen LogP contribution < -0.4 is 54.8 Å². The first-order valence-corrected chi connectivity index (χ1v) is 21.0. The number of phenols is 1. The first kappa shape index (κ1) is 53.1. The maximum atomic E-state index is 13.9. The number of aliphatic hydroxyl groups is 1. The molecule has 23 heteroatoms. The Morgan fingerprint density at radius 3 is 1.95 bits per heavy atom. The number of likely N-dealkylation sites (tertiary alicyclic amines) is 1. The third kappa shape index (κ3) is 18.4. The van der Waals surface area contributed by atoms with Crippen molar-refractivity contribution in [2.75, 3.05) is 32.8 Å². The van der Waals surface area contributed by atoms with Gasteiger partial charge in [-0.3, -0.25) is 38.6 Å². The van der Waals surface area contributed by atoms with E-state index in [1.807, 2.05) is 0 Å². The summed E-state index contributed by atoms with van der Waals surface area (Å²) < 4.78 is 0. The molecule has 17 N–H and O–H groups in total. The molecule has 1 heterocycles. The van der Waals surface area contributed by atoms with Crippen LogP contribution in [0.5, 0.6) is 5.75 Å². The Balaban J connectivity index is 2.15. The number of carboxylic acids is 1. The fourth-order valence-electron chi connectivity index (χ4n) is 6.73. The molecule has 1 aliphatic rings. The fourth-order valence-corrected chi connectivity index (χ4v) is 6.73. The number of guanidine groups is 1. The van der Waals surface area contributed by atoms with Crippen LogP contribution in [0.2, 0.25) is 0 Å². The third-order valence-electron chi connectivity index (χ3n) is 10.1. The number of aliphatic imine (C=N–C) groups is 1. The van der Waals surface area contributed by atoms with Crippen LogP contribution in [-0.4, -0.2) is 149 Å². The molecule has 0 aromatic heterocycles. The summed E-state index contributed by atoms with van der Waals surface area (Å²) in [5, 5.41) is 44.5. The summed E-state index contributed by atoms with van der Waals surface area (Å²) in [6.45, 7) is 4.18. The Labute approximate surface area is 366 Å². The lowest BCUT2D eigenvalue weighted by atomic mass is 10.0. The molecular formula is C40H66N12O11. The zero-order valence-corrected chi connectivity index (χ0v) is 36.1. The average Bonchev–Trinajstić information content (AvgIpc) is 3.73. The Morgan fingerprint density at radius 2 is 1.37 bits per heavy atom. The largest absolute Gasteiger partial charge is 0.508 e. The van der Waals surface area contributed by atoms with Crippen molar-refractivity contribution in [2.24, 2.45) is 33.8 Å². The molecular weight excluding hydrogens is 825 g/mol. The number of hydrogen-bond donors (Lipinski definition) is 13. The van der Waals surface area contributed by atoms with Gasteiger partial charge in [0.25, 0.3) is 0 Å². The highest BCUT2D eigenvalue weighted by Crippen LogP contribution is 2.21. The molecule has 1 aromatic carbocycles. The summed E-state index contributed by atoms with van der Waals surface area (Å²) in [5.74, 6) is -6.82. The number of aliphatic carboxylic acids is 1. The molecule has 352 valence electrons. The number of aliphatic hydroxyl groups excluding tert-OH is 1. The summed E-state index contributed by atoms with van der Waals surface area (Å²) in [6.07, 6.45) is 2.01. The van der Waals surface area contributed by atoms with Gasteiger partial charge < -0.3 is 75.1 Å². The smallest absolute Gasteiger partial charge is 0.326 e. The zero-order chi connectivity index (χ0) is 47.2. The van der Waals surface area contributed by atoms with Crippen molar-refractivity contribution < 1.29 is 53.7 Å². The van der Waals surface area contributed by atoms with E-state index in [1.54, 1.807) is 26.0 Å². The topological polar surface area (TPSA) is 389 Å². The molecule has 0 radical (unpaired) electrons. The van der Waals surface area contributed by atoms with Crippen molar-refractivity contribution in [1.29, 1.82) is 0 Å². The Morgan fingerprint density at radius 1 is 0.762 bits per heavy atom. The summed E-state index contributed by atoms with van der Waals surface area (Å²) in [6, 6.07) is -2.72. The molecule has 7 amide bonds. The van der Waals surface area contributed by atoms with Gasteiger partial charge >= 0.3 is 5.97 Å². The Hall–Kier alpha value is -6.07. The molecule has 0 spiro atoms. The Kier molecular flexibility index (Phi) is 22.8. The molecule has 0 saturated carbocycles. The highest BCUT2D eigenvalue weighted by atomic mass is 16.4. The maximum absolute atomic E-state index is 13.9. The van der Waals surface area contributed by atoms with Crippen molar-refractivity contribution in [3.05, 3.63) is 29.8 Å². The Bertz CT molecular complexity index is 1740. The van der Waals surface area contributed by atoms with Gasteiger partial charge in [-0.25, -0.2) is 4.79 Å². The van der Waals surface area contributed by atoms with Crippen LogP contribution in [0.4, 0.5) is 0 Å². The lowest BCUT2D eigenvalue weighted by Crippen LogP contribution is -2.60. The van der Waals surface area contributed by atoms with Gasteiger partial charge in [0.1, 0.15) is 48.0 Å². The van der Waals surface area contributed by atoms with Crippen LogP contribution in [0.3, 0.4) is 0 Å². The first-order chi connectivity index (χ1) is 29.8. The highest BCUT2D eigenvalue weighted by molar-refractivity contribution is 5.97. The lowest BCUT2D eigenvalue weighted by molar-refractivity contribution is -0.142. The molecule has 1 aliphatic heterocycles. The molecule has 7 atom stereocenters. The summed E-state index contributed by atoms with van der Waals surface area (Å²) >= 11 is 0. The first-order valence-electron chi connectivity index (χ1n) is 21.0. The molecule has 63 heavy (non-hydrogen) atoms. The van der Waals surface area contributed by atoms with Crippen LogP contribution in [-0.2, 0) is 44.8 Å². The van der Waals surface area contributed by atoms with Crippen LogP contribution >= 0.6 is 0 Å². The van der Waals surface area contributed by atoms with Gasteiger partial charge in [-0.05, 0) is 88.4 Å². The highest BCUT2D eigenvalue weighted by Gasteiger charge is 2.39. The van der Waals surface area contributed by atoms with Gasteiger partial charge in [-0.1, -0.05) is 26.0 Å².